The second-order valence-corrected chi connectivity index (χ2v) is 6.59. The lowest BCUT2D eigenvalue weighted by Gasteiger charge is -2.20. The molecule has 3 aromatic carbocycles. The Morgan fingerprint density at radius 1 is 0.897 bits per heavy atom. The molecule has 0 fully saturated rings. The van der Waals surface area contributed by atoms with E-state index in [4.69, 9.17) is 9.47 Å². The predicted molar refractivity (Wildman–Crippen MR) is 117 cm³/mol. The van der Waals surface area contributed by atoms with Crippen LogP contribution in [-0.4, -0.2) is 19.6 Å². The SMILES string of the molecule is CCCOc1cccc(NC(C(=O)Nc2cccc(OC)c2)c2ccccc2)c1. The molecule has 0 bridgehead atoms. The van der Waals surface area contributed by atoms with Crippen molar-refractivity contribution in [2.75, 3.05) is 24.4 Å². The van der Waals surface area contributed by atoms with Crippen LogP contribution in [0.3, 0.4) is 0 Å². The first-order chi connectivity index (χ1) is 14.2. The summed E-state index contributed by atoms with van der Waals surface area (Å²) >= 11 is 0. The molecule has 3 aromatic rings. The van der Waals surface area contributed by atoms with Crippen LogP contribution in [0.4, 0.5) is 11.4 Å². The van der Waals surface area contributed by atoms with Gasteiger partial charge in [0.25, 0.3) is 5.91 Å². The van der Waals surface area contributed by atoms with Crippen LogP contribution in [0.25, 0.3) is 0 Å². The summed E-state index contributed by atoms with van der Waals surface area (Å²) in [6, 6.07) is 24.0. The van der Waals surface area contributed by atoms with Crippen molar-refractivity contribution in [3.05, 3.63) is 84.4 Å². The molecule has 0 saturated carbocycles. The quantitative estimate of drug-likeness (QED) is 0.522. The van der Waals surface area contributed by atoms with Gasteiger partial charge >= 0.3 is 0 Å². The van der Waals surface area contributed by atoms with Crippen LogP contribution in [0.1, 0.15) is 24.9 Å². The van der Waals surface area contributed by atoms with Crippen molar-refractivity contribution in [2.45, 2.75) is 19.4 Å². The Labute approximate surface area is 171 Å². The highest BCUT2D eigenvalue weighted by molar-refractivity contribution is 5.97. The van der Waals surface area contributed by atoms with Gasteiger partial charge in [-0.25, -0.2) is 0 Å². The number of hydrogen-bond donors (Lipinski definition) is 2. The van der Waals surface area contributed by atoms with E-state index in [1.165, 1.54) is 0 Å². The molecule has 150 valence electrons. The molecule has 3 rings (SSSR count). The molecular formula is C24H26N2O3. The van der Waals surface area contributed by atoms with Crippen LogP contribution in [0.15, 0.2) is 78.9 Å². The van der Waals surface area contributed by atoms with Crippen LogP contribution in [0.5, 0.6) is 11.5 Å². The van der Waals surface area contributed by atoms with Gasteiger partial charge in [0.2, 0.25) is 0 Å². The average molecular weight is 390 g/mol. The first kappa shape index (κ1) is 20.3. The Morgan fingerprint density at radius 2 is 1.59 bits per heavy atom. The van der Waals surface area contributed by atoms with Crippen molar-refractivity contribution in [3.8, 4) is 11.5 Å². The third-order valence-corrected chi connectivity index (χ3v) is 4.35. The van der Waals surface area contributed by atoms with Gasteiger partial charge in [0.1, 0.15) is 17.5 Å². The number of carbonyl (C=O) groups excluding carboxylic acids is 1. The predicted octanol–water partition coefficient (Wildman–Crippen LogP) is 5.28. The van der Waals surface area contributed by atoms with Crippen LogP contribution in [-0.2, 0) is 4.79 Å². The van der Waals surface area contributed by atoms with Gasteiger partial charge in [-0.15, -0.1) is 0 Å². The number of benzene rings is 3. The highest BCUT2D eigenvalue weighted by Gasteiger charge is 2.21. The minimum absolute atomic E-state index is 0.163. The highest BCUT2D eigenvalue weighted by atomic mass is 16.5. The Bertz CT molecular complexity index is 928. The maximum atomic E-state index is 13.1. The summed E-state index contributed by atoms with van der Waals surface area (Å²) in [6.07, 6.45) is 0.938. The summed E-state index contributed by atoms with van der Waals surface area (Å²) in [5.74, 6) is 1.30. The van der Waals surface area contributed by atoms with Gasteiger partial charge in [-0.05, 0) is 36.2 Å². The number of amides is 1. The fourth-order valence-corrected chi connectivity index (χ4v) is 2.92. The number of hydrogen-bond acceptors (Lipinski definition) is 4. The molecule has 5 heteroatoms. The standard InChI is InChI=1S/C24H26N2O3/c1-3-15-29-22-14-8-11-19(17-22)25-23(18-9-5-4-6-10-18)24(27)26-20-12-7-13-21(16-20)28-2/h4-14,16-17,23,25H,3,15H2,1-2H3,(H,26,27). The third-order valence-electron chi connectivity index (χ3n) is 4.35. The van der Waals surface area contributed by atoms with Crippen molar-refractivity contribution >= 4 is 17.3 Å². The second-order valence-electron chi connectivity index (χ2n) is 6.59. The third kappa shape index (κ3) is 5.75. The summed E-state index contributed by atoms with van der Waals surface area (Å²) in [6.45, 7) is 2.72. The average Bonchev–Trinajstić information content (AvgIpc) is 2.77. The van der Waals surface area contributed by atoms with E-state index in [0.717, 1.165) is 23.4 Å². The van der Waals surface area contributed by atoms with Gasteiger partial charge in [-0.1, -0.05) is 49.4 Å². The molecule has 2 N–H and O–H groups in total. The number of anilines is 2. The van der Waals surface area contributed by atoms with E-state index in [-0.39, 0.29) is 5.91 Å². The molecule has 0 aliphatic carbocycles. The van der Waals surface area contributed by atoms with Gasteiger partial charge in [0.15, 0.2) is 0 Å². The largest absolute Gasteiger partial charge is 0.497 e. The maximum absolute atomic E-state index is 13.1. The molecule has 0 aliphatic heterocycles. The zero-order valence-corrected chi connectivity index (χ0v) is 16.7. The molecule has 0 aromatic heterocycles. The summed E-state index contributed by atoms with van der Waals surface area (Å²) in [5.41, 5.74) is 2.36. The number of rotatable bonds is 9. The Morgan fingerprint density at radius 3 is 2.31 bits per heavy atom. The Hall–Kier alpha value is -3.47. The molecule has 0 radical (unpaired) electrons. The van der Waals surface area contributed by atoms with E-state index in [2.05, 4.69) is 17.6 Å². The maximum Gasteiger partial charge on any atom is 0.251 e. The fourth-order valence-electron chi connectivity index (χ4n) is 2.92. The van der Waals surface area contributed by atoms with Crippen LogP contribution >= 0.6 is 0 Å². The molecule has 1 amide bonds. The summed E-state index contributed by atoms with van der Waals surface area (Å²) in [4.78, 5) is 13.1. The molecule has 1 unspecified atom stereocenters. The van der Waals surface area contributed by atoms with E-state index in [9.17, 15) is 4.79 Å². The number of nitrogens with one attached hydrogen (secondary N) is 2. The normalized spacial score (nSPS) is 11.4. The van der Waals surface area contributed by atoms with E-state index in [1.807, 2.05) is 72.8 Å². The van der Waals surface area contributed by atoms with E-state index in [0.29, 0.717) is 18.0 Å². The lowest BCUT2D eigenvalue weighted by molar-refractivity contribution is -0.117. The Balaban J connectivity index is 1.82. The highest BCUT2D eigenvalue weighted by Crippen LogP contribution is 2.25. The van der Waals surface area contributed by atoms with Gasteiger partial charge in [0, 0.05) is 23.5 Å². The minimum atomic E-state index is -0.566. The number of carbonyl (C=O) groups is 1. The molecule has 5 nitrogen and oxygen atoms in total. The summed E-state index contributed by atoms with van der Waals surface area (Å²) in [5, 5.41) is 6.31. The van der Waals surface area contributed by atoms with Crippen LogP contribution in [0, 0.1) is 0 Å². The summed E-state index contributed by atoms with van der Waals surface area (Å²) < 4.78 is 11.0. The topological polar surface area (TPSA) is 59.6 Å². The fraction of sp³-hybridized carbons (Fsp3) is 0.208. The lowest BCUT2D eigenvalue weighted by atomic mass is 10.1. The monoisotopic (exact) mass is 390 g/mol. The Kier molecular flexibility index (Phi) is 7.11. The molecule has 29 heavy (non-hydrogen) atoms. The van der Waals surface area contributed by atoms with Crippen LogP contribution in [0.2, 0.25) is 0 Å². The minimum Gasteiger partial charge on any atom is -0.497 e. The molecule has 0 spiro atoms. The summed E-state index contributed by atoms with van der Waals surface area (Å²) in [7, 11) is 1.60. The lowest BCUT2D eigenvalue weighted by Crippen LogP contribution is -2.27. The number of methoxy groups -OCH3 is 1. The molecular weight excluding hydrogens is 364 g/mol. The molecule has 0 heterocycles. The first-order valence-electron chi connectivity index (χ1n) is 9.69. The zero-order valence-electron chi connectivity index (χ0n) is 16.7. The van der Waals surface area contributed by atoms with Crippen molar-refractivity contribution in [2.24, 2.45) is 0 Å². The van der Waals surface area contributed by atoms with Gasteiger partial charge in [-0.2, -0.15) is 0 Å². The van der Waals surface area contributed by atoms with Gasteiger partial charge in [-0.3, -0.25) is 4.79 Å². The molecule has 1 atom stereocenters. The van der Waals surface area contributed by atoms with Crippen LogP contribution < -0.4 is 20.1 Å². The smallest absolute Gasteiger partial charge is 0.251 e. The first-order valence-corrected chi connectivity index (χ1v) is 9.69. The zero-order chi connectivity index (χ0) is 20.5. The van der Waals surface area contributed by atoms with Gasteiger partial charge < -0.3 is 20.1 Å². The van der Waals surface area contributed by atoms with Gasteiger partial charge in [0.05, 0.1) is 13.7 Å². The molecule has 0 aliphatic rings. The number of ether oxygens (including phenoxy) is 2. The van der Waals surface area contributed by atoms with E-state index < -0.39 is 6.04 Å². The molecule has 0 saturated heterocycles. The van der Waals surface area contributed by atoms with Crippen molar-refractivity contribution < 1.29 is 14.3 Å². The van der Waals surface area contributed by atoms with Crippen molar-refractivity contribution in [1.29, 1.82) is 0 Å². The van der Waals surface area contributed by atoms with E-state index in [1.54, 1.807) is 13.2 Å². The van der Waals surface area contributed by atoms with E-state index >= 15 is 0 Å². The van der Waals surface area contributed by atoms with Crippen molar-refractivity contribution in [1.82, 2.24) is 0 Å². The second kappa shape index (κ2) is 10.2. The van der Waals surface area contributed by atoms with Crippen molar-refractivity contribution in [3.63, 3.8) is 0 Å².